The molecule has 11 heteroatoms. The fourth-order valence-corrected chi connectivity index (χ4v) is 4.89. The van der Waals surface area contributed by atoms with Gasteiger partial charge in [0.1, 0.15) is 23.3 Å². The number of aryl methyl sites for hydroxylation is 1. The van der Waals surface area contributed by atoms with E-state index in [9.17, 15) is 4.79 Å². The standard InChI is InChI=1S/C26H24ClN7O3/c1-36-19-4-3-10-28-23(19)17-8-5-15(12-18(17)27)13-33-20(35)9-11-34-26(33)31-24(32-34)21-22(16-6-7-16)29-14-30-25(21)37-2/h3-5,8,10,12,14,16H,6-7,9,11,13H2,1-2H3. The molecule has 10 nitrogen and oxygen atoms in total. The minimum Gasteiger partial charge on any atom is -0.494 e. The van der Waals surface area contributed by atoms with Crippen LogP contribution < -0.4 is 14.4 Å². The molecule has 0 spiro atoms. The number of ether oxygens (including phenoxy) is 2. The molecule has 1 aliphatic heterocycles. The van der Waals surface area contributed by atoms with E-state index in [4.69, 9.17) is 31.2 Å². The van der Waals surface area contributed by atoms with E-state index in [0.717, 1.165) is 29.7 Å². The lowest BCUT2D eigenvalue weighted by molar-refractivity contribution is -0.119. The van der Waals surface area contributed by atoms with Gasteiger partial charge in [-0.3, -0.25) is 14.7 Å². The molecule has 188 valence electrons. The van der Waals surface area contributed by atoms with E-state index in [0.29, 0.717) is 65.1 Å². The third kappa shape index (κ3) is 4.27. The molecule has 1 fully saturated rings. The topological polar surface area (TPSA) is 108 Å². The maximum Gasteiger partial charge on any atom is 0.231 e. The van der Waals surface area contributed by atoms with Gasteiger partial charge in [0, 0.05) is 24.1 Å². The molecule has 0 N–H and O–H groups in total. The number of fused-ring (bicyclic) bond motifs is 1. The second-order valence-corrected chi connectivity index (χ2v) is 9.38. The van der Waals surface area contributed by atoms with Crippen molar-refractivity contribution < 1.29 is 14.3 Å². The number of pyridine rings is 1. The highest BCUT2D eigenvalue weighted by atomic mass is 35.5. The summed E-state index contributed by atoms with van der Waals surface area (Å²) in [5.41, 5.74) is 3.85. The van der Waals surface area contributed by atoms with E-state index in [1.165, 1.54) is 6.33 Å². The van der Waals surface area contributed by atoms with E-state index in [-0.39, 0.29) is 5.91 Å². The Balaban J connectivity index is 1.34. The molecule has 0 unspecified atom stereocenters. The van der Waals surface area contributed by atoms with Crippen molar-refractivity contribution in [3.05, 3.63) is 59.1 Å². The highest BCUT2D eigenvalue weighted by Gasteiger charge is 2.34. The first-order valence-corrected chi connectivity index (χ1v) is 12.4. The number of amides is 1. The highest BCUT2D eigenvalue weighted by Crippen LogP contribution is 2.45. The Morgan fingerprint density at radius 3 is 2.73 bits per heavy atom. The van der Waals surface area contributed by atoms with Crippen molar-refractivity contribution >= 4 is 23.5 Å². The monoisotopic (exact) mass is 517 g/mol. The summed E-state index contributed by atoms with van der Waals surface area (Å²) >= 11 is 6.66. The zero-order chi connectivity index (χ0) is 25.5. The van der Waals surface area contributed by atoms with Crippen molar-refractivity contribution in [3.8, 4) is 34.3 Å². The predicted molar refractivity (Wildman–Crippen MR) is 137 cm³/mol. The SMILES string of the molecule is COc1cccnc1-c1ccc(CN2C(=O)CCn3nc(-c4c(OC)ncnc4C4CC4)nc32)cc1Cl. The molecular formula is C26H24ClN7O3. The lowest BCUT2D eigenvalue weighted by Gasteiger charge is -2.26. The van der Waals surface area contributed by atoms with E-state index in [1.807, 2.05) is 30.3 Å². The number of hydrogen-bond donors (Lipinski definition) is 0. The molecular weight excluding hydrogens is 494 g/mol. The largest absolute Gasteiger partial charge is 0.494 e. The third-order valence-corrected chi connectivity index (χ3v) is 6.89. The van der Waals surface area contributed by atoms with Gasteiger partial charge in [0.2, 0.25) is 17.7 Å². The number of halogens is 1. The smallest absolute Gasteiger partial charge is 0.231 e. The molecule has 0 bridgehead atoms. The van der Waals surface area contributed by atoms with Gasteiger partial charge in [-0.25, -0.2) is 14.6 Å². The number of aromatic nitrogens is 6. The van der Waals surface area contributed by atoms with Gasteiger partial charge < -0.3 is 9.47 Å². The number of benzene rings is 1. The Kier molecular flexibility index (Phi) is 5.96. The Bertz CT molecular complexity index is 1500. The van der Waals surface area contributed by atoms with Crippen LogP contribution in [0.5, 0.6) is 11.6 Å². The lowest BCUT2D eigenvalue weighted by atomic mass is 10.1. The zero-order valence-electron chi connectivity index (χ0n) is 20.4. The molecule has 1 saturated carbocycles. The zero-order valence-corrected chi connectivity index (χ0v) is 21.1. The molecule has 1 aromatic carbocycles. The Morgan fingerprint density at radius 2 is 1.97 bits per heavy atom. The van der Waals surface area contributed by atoms with Gasteiger partial charge in [-0.05, 0) is 36.6 Å². The van der Waals surface area contributed by atoms with E-state index < -0.39 is 0 Å². The van der Waals surface area contributed by atoms with Crippen molar-refractivity contribution in [2.24, 2.45) is 0 Å². The second-order valence-electron chi connectivity index (χ2n) is 8.97. The summed E-state index contributed by atoms with van der Waals surface area (Å²) in [5.74, 6) is 2.33. The molecule has 1 aliphatic carbocycles. The van der Waals surface area contributed by atoms with Crippen LogP contribution in [0.15, 0.2) is 42.9 Å². The van der Waals surface area contributed by atoms with Gasteiger partial charge in [-0.1, -0.05) is 23.7 Å². The van der Waals surface area contributed by atoms with Crippen LogP contribution in [0, 0.1) is 0 Å². The van der Waals surface area contributed by atoms with Crippen molar-refractivity contribution in [1.29, 1.82) is 0 Å². The summed E-state index contributed by atoms with van der Waals surface area (Å²) in [6, 6.07) is 9.31. The number of anilines is 1. The summed E-state index contributed by atoms with van der Waals surface area (Å²) in [5, 5.41) is 5.24. The molecule has 2 aliphatic rings. The highest BCUT2D eigenvalue weighted by molar-refractivity contribution is 6.33. The van der Waals surface area contributed by atoms with Gasteiger partial charge in [0.25, 0.3) is 0 Å². The maximum absolute atomic E-state index is 13.0. The Morgan fingerprint density at radius 1 is 1.11 bits per heavy atom. The van der Waals surface area contributed by atoms with Crippen LogP contribution in [-0.2, 0) is 17.9 Å². The number of carbonyl (C=O) groups is 1. The molecule has 37 heavy (non-hydrogen) atoms. The maximum atomic E-state index is 13.0. The third-order valence-electron chi connectivity index (χ3n) is 6.57. The van der Waals surface area contributed by atoms with Gasteiger partial charge in [-0.15, -0.1) is 5.10 Å². The molecule has 0 saturated heterocycles. The fraction of sp³-hybridized carbons (Fsp3) is 0.308. The molecule has 1 amide bonds. The summed E-state index contributed by atoms with van der Waals surface area (Å²) in [6.07, 6.45) is 5.65. The number of nitrogens with zero attached hydrogens (tertiary/aromatic N) is 7. The number of carbonyl (C=O) groups excluding carboxylic acids is 1. The van der Waals surface area contributed by atoms with Gasteiger partial charge >= 0.3 is 0 Å². The Hall–Kier alpha value is -4.05. The molecule has 3 aromatic heterocycles. The number of hydrogen-bond acceptors (Lipinski definition) is 8. The second kappa shape index (κ2) is 9.44. The average molecular weight is 518 g/mol. The molecule has 0 atom stereocenters. The average Bonchev–Trinajstić information content (AvgIpc) is 3.68. The van der Waals surface area contributed by atoms with E-state index in [2.05, 4.69) is 15.0 Å². The lowest BCUT2D eigenvalue weighted by Crippen LogP contribution is -2.37. The van der Waals surface area contributed by atoms with Crippen LogP contribution in [0.3, 0.4) is 0 Å². The minimum atomic E-state index is -0.0308. The summed E-state index contributed by atoms with van der Waals surface area (Å²) in [7, 11) is 3.17. The van der Waals surface area contributed by atoms with Crippen LogP contribution in [0.4, 0.5) is 5.95 Å². The van der Waals surface area contributed by atoms with Crippen LogP contribution in [-0.4, -0.2) is 49.8 Å². The van der Waals surface area contributed by atoms with E-state index >= 15 is 0 Å². The first-order chi connectivity index (χ1) is 18.1. The van der Waals surface area contributed by atoms with Crippen molar-refractivity contribution in [1.82, 2.24) is 29.7 Å². The van der Waals surface area contributed by atoms with Gasteiger partial charge in [0.15, 0.2) is 5.82 Å². The Labute approximate surface area is 218 Å². The summed E-state index contributed by atoms with van der Waals surface area (Å²) in [4.78, 5) is 32.6. The summed E-state index contributed by atoms with van der Waals surface area (Å²) in [6.45, 7) is 0.750. The van der Waals surface area contributed by atoms with Gasteiger partial charge in [0.05, 0.1) is 38.0 Å². The first-order valence-electron chi connectivity index (χ1n) is 12.0. The van der Waals surface area contributed by atoms with E-state index in [1.54, 1.807) is 30.0 Å². The van der Waals surface area contributed by atoms with Crippen LogP contribution in [0.2, 0.25) is 5.02 Å². The first kappa shape index (κ1) is 23.4. The van der Waals surface area contributed by atoms with Crippen molar-refractivity contribution in [2.75, 3.05) is 19.1 Å². The van der Waals surface area contributed by atoms with Crippen molar-refractivity contribution in [2.45, 2.75) is 38.3 Å². The molecule has 4 heterocycles. The van der Waals surface area contributed by atoms with Gasteiger partial charge in [-0.2, -0.15) is 4.98 Å². The van der Waals surface area contributed by atoms with Crippen LogP contribution >= 0.6 is 11.6 Å². The van der Waals surface area contributed by atoms with Crippen molar-refractivity contribution in [3.63, 3.8) is 0 Å². The molecule has 6 rings (SSSR count). The van der Waals surface area contributed by atoms with Crippen LogP contribution in [0.25, 0.3) is 22.6 Å². The number of methoxy groups -OCH3 is 2. The molecule has 0 radical (unpaired) electrons. The quantitative estimate of drug-likeness (QED) is 0.357. The minimum absolute atomic E-state index is 0.0308. The van der Waals surface area contributed by atoms with Crippen LogP contribution in [0.1, 0.15) is 36.4 Å². The normalized spacial score (nSPS) is 15.0. The molecule has 4 aromatic rings. The number of rotatable bonds is 7. The predicted octanol–water partition coefficient (Wildman–Crippen LogP) is 4.28. The summed E-state index contributed by atoms with van der Waals surface area (Å²) < 4.78 is 12.7. The fourth-order valence-electron chi connectivity index (χ4n) is 4.60.